The van der Waals surface area contributed by atoms with Crippen molar-refractivity contribution in [3.05, 3.63) is 12.2 Å². The minimum atomic E-state index is -1.32. The van der Waals surface area contributed by atoms with Crippen LogP contribution in [0.3, 0.4) is 0 Å². The standard InChI is InChI=1S/C14H24O5/c1-9(12(16)13(19-2)14(17)18)11(15)8-7-10-5-3-4-6-10/h7-13,15-16H,3-6H2,1-2H3,(H,17,18)/b8-7+/t9-,11+,12+,13+/m0/s1. The van der Waals surface area contributed by atoms with E-state index in [1.54, 1.807) is 13.0 Å². The van der Waals surface area contributed by atoms with Gasteiger partial charge in [-0.25, -0.2) is 4.79 Å². The summed E-state index contributed by atoms with van der Waals surface area (Å²) in [6.45, 7) is 1.61. The van der Waals surface area contributed by atoms with Crippen molar-refractivity contribution in [3.8, 4) is 0 Å². The Morgan fingerprint density at radius 1 is 1.32 bits per heavy atom. The fourth-order valence-electron chi connectivity index (χ4n) is 2.46. The van der Waals surface area contributed by atoms with E-state index in [2.05, 4.69) is 0 Å². The third kappa shape index (κ3) is 4.60. The Morgan fingerprint density at radius 2 is 1.89 bits per heavy atom. The van der Waals surface area contributed by atoms with Crippen LogP contribution in [0.15, 0.2) is 12.2 Å². The maximum atomic E-state index is 10.9. The molecule has 0 spiro atoms. The number of allylic oxidation sites excluding steroid dienone is 1. The predicted molar refractivity (Wildman–Crippen MR) is 70.7 cm³/mol. The Bertz CT molecular complexity index is 309. The number of carboxylic acids is 1. The summed E-state index contributed by atoms with van der Waals surface area (Å²) in [5.74, 6) is -1.33. The number of rotatable bonds is 7. The Morgan fingerprint density at radius 3 is 2.37 bits per heavy atom. The smallest absolute Gasteiger partial charge is 0.335 e. The van der Waals surface area contributed by atoms with Crippen LogP contribution in [0, 0.1) is 11.8 Å². The molecule has 0 bridgehead atoms. The number of aliphatic hydroxyl groups excluding tert-OH is 2. The molecule has 19 heavy (non-hydrogen) atoms. The number of carboxylic acid groups (broad SMARTS) is 1. The molecule has 0 aromatic heterocycles. The first-order valence-corrected chi connectivity index (χ1v) is 6.77. The molecule has 1 fully saturated rings. The van der Waals surface area contributed by atoms with Crippen LogP contribution in [0.1, 0.15) is 32.6 Å². The second-order valence-electron chi connectivity index (χ2n) is 5.26. The molecule has 4 atom stereocenters. The zero-order valence-electron chi connectivity index (χ0n) is 11.5. The monoisotopic (exact) mass is 272 g/mol. The number of hydrogen-bond donors (Lipinski definition) is 3. The summed E-state index contributed by atoms with van der Waals surface area (Å²) in [6.07, 6.45) is 4.92. The second-order valence-corrected chi connectivity index (χ2v) is 5.26. The van der Waals surface area contributed by atoms with Gasteiger partial charge in [-0.3, -0.25) is 0 Å². The van der Waals surface area contributed by atoms with Crippen LogP contribution in [-0.4, -0.2) is 46.7 Å². The minimum absolute atomic E-state index is 0.497. The molecule has 3 N–H and O–H groups in total. The van der Waals surface area contributed by atoms with Gasteiger partial charge in [0.05, 0.1) is 12.2 Å². The van der Waals surface area contributed by atoms with Gasteiger partial charge in [0.1, 0.15) is 0 Å². The molecule has 0 heterocycles. The van der Waals surface area contributed by atoms with Crippen molar-refractivity contribution >= 4 is 5.97 Å². The van der Waals surface area contributed by atoms with Crippen molar-refractivity contribution in [2.24, 2.45) is 11.8 Å². The summed E-state index contributed by atoms with van der Waals surface area (Å²) < 4.78 is 4.74. The molecule has 1 aliphatic rings. The third-order valence-corrected chi connectivity index (χ3v) is 3.87. The Balaban J connectivity index is 2.54. The van der Waals surface area contributed by atoms with Gasteiger partial charge in [-0.05, 0) is 18.8 Å². The van der Waals surface area contributed by atoms with Gasteiger partial charge in [-0.2, -0.15) is 0 Å². The Labute approximate surface area is 113 Å². The number of hydrogen-bond acceptors (Lipinski definition) is 4. The van der Waals surface area contributed by atoms with Gasteiger partial charge in [-0.15, -0.1) is 0 Å². The normalized spacial score (nSPS) is 23.4. The average molecular weight is 272 g/mol. The zero-order chi connectivity index (χ0) is 14.4. The van der Waals surface area contributed by atoms with Crippen molar-refractivity contribution in [2.75, 3.05) is 7.11 Å². The molecule has 0 saturated heterocycles. The number of aliphatic hydroxyl groups is 2. The summed E-state index contributed by atoms with van der Waals surface area (Å²) in [6, 6.07) is 0. The van der Waals surface area contributed by atoms with Crippen LogP contribution in [-0.2, 0) is 9.53 Å². The highest BCUT2D eigenvalue weighted by Gasteiger charge is 2.33. The summed E-state index contributed by atoms with van der Waals surface area (Å²) >= 11 is 0. The lowest BCUT2D eigenvalue weighted by Crippen LogP contribution is -2.43. The summed E-state index contributed by atoms with van der Waals surface area (Å²) in [5.41, 5.74) is 0. The molecule has 110 valence electrons. The Hall–Kier alpha value is -0.910. The van der Waals surface area contributed by atoms with Crippen LogP contribution in [0.4, 0.5) is 0 Å². The molecule has 1 aliphatic carbocycles. The summed E-state index contributed by atoms with van der Waals surface area (Å²) in [7, 11) is 1.23. The first-order valence-electron chi connectivity index (χ1n) is 6.77. The molecule has 0 aliphatic heterocycles. The number of ether oxygens (including phenoxy) is 1. The molecule has 1 rings (SSSR count). The highest BCUT2D eigenvalue weighted by atomic mass is 16.5. The van der Waals surface area contributed by atoms with E-state index in [9.17, 15) is 15.0 Å². The number of carbonyl (C=O) groups is 1. The third-order valence-electron chi connectivity index (χ3n) is 3.87. The van der Waals surface area contributed by atoms with Crippen molar-refractivity contribution in [1.29, 1.82) is 0 Å². The van der Waals surface area contributed by atoms with Crippen molar-refractivity contribution in [3.63, 3.8) is 0 Å². The van der Waals surface area contributed by atoms with E-state index in [-0.39, 0.29) is 0 Å². The highest BCUT2D eigenvalue weighted by Crippen LogP contribution is 2.26. The molecule has 0 unspecified atom stereocenters. The lowest BCUT2D eigenvalue weighted by atomic mass is 9.92. The quantitative estimate of drug-likeness (QED) is 0.606. The maximum absolute atomic E-state index is 10.9. The van der Waals surface area contributed by atoms with Gasteiger partial charge >= 0.3 is 5.97 Å². The van der Waals surface area contributed by atoms with Gasteiger partial charge in [0, 0.05) is 13.0 Å². The fourth-order valence-corrected chi connectivity index (χ4v) is 2.46. The van der Waals surface area contributed by atoms with Crippen LogP contribution < -0.4 is 0 Å². The molecule has 0 amide bonds. The van der Waals surface area contributed by atoms with Crippen molar-refractivity contribution < 1.29 is 24.9 Å². The molecule has 0 aromatic carbocycles. The number of aliphatic carboxylic acids is 1. The van der Waals surface area contributed by atoms with Gasteiger partial charge in [-0.1, -0.05) is 31.9 Å². The Kier molecular flexibility index (Phi) is 6.48. The molecule has 1 saturated carbocycles. The van der Waals surface area contributed by atoms with Gasteiger partial charge < -0.3 is 20.1 Å². The molecule has 5 heteroatoms. The van der Waals surface area contributed by atoms with E-state index < -0.39 is 30.2 Å². The van der Waals surface area contributed by atoms with E-state index in [1.807, 2.05) is 6.08 Å². The molecule has 0 aromatic rings. The topological polar surface area (TPSA) is 87.0 Å². The van der Waals surface area contributed by atoms with Gasteiger partial charge in [0.25, 0.3) is 0 Å². The summed E-state index contributed by atoms with van der Waals surface area (Å²) in [5, 5.41) is 28.8. The zero-order valence-corrected chi connectivity index (χ0v) is 11.5. The SMILES string of the molecule is CO[C@@H](C(=O)O)[C@H](O)[C@@H](C)[C@H](O)/C=C/C1CCCC1. The van der Waals surface area contributed by atoms with Crippen LogP contribution in [0.2, 0.25) is 0 Å². The first kappa shape index (κ1) is 16.1. The largest absolute Gasteiger partial charge is 0.479 e. The highest BCUT2D eigenvalue weighted by molar-refractivity contribution is 5.73. The van der Waals surface area contributed by atoms with Crippen LogP contribution in [0.5, 0.6) is 0 Å². The van der Waals surface area contributed by atoms with Crippen molar-refractivity contribution in [1.82, 2.24) is 0 Å². The van der Waals surface area contributed by atoms with Crippen LogP contribution >= 0.6 is 0 Å². The van der Waals surface area contributed by atoms with Gasteiger partial charge in [0.15, 0.2) is 6.10 Å². The lowest BCUT2D eigenvalue weighted by molar-refractivity contribution is -0.159. The van der Waals surface area contributed by atoms with E-state index in [0.29, 0.717) is 5.92 Å². The molecular formula is C14H24O5. The molecule has 5 nitrogen and oxygen atoms in total. The average Bonchev–Trinajstić information content (AvgIpc) is 2.88. The summed E-state index contributed by atoms with van der Waals surface area (Å²) in [4.78, 5) is 10.9. The van der Waals surface area contributed by atoms with Crippen LogP contribution in [0.25, 0.3) is 0 Å². The van der Waals surface area contributed by atoms with E-state index in [1.165, 1.54) is 20.0 Å². The minimum Gasteiger partial charge on any atom is -0.479 e. The predicted octanol–water partition coefficient (Wildman–Crippen LogP) is 1.19. The first-order chi connectivity index (χ1) is 8.97. The van der Waals surface area contributed by atoms with Gasteiger partial charge in [0.2, 0.25) is 0 Å². The maximum Gasteiger partial charge on any atom is 0.335 e. The molecular weight excluding hydrogens is 248 g/mol. The van der Waals surface area contributed by atoms with E-state index in [4.69, 9.17) is 9.84 Å². The second kappa shape index (κ2) is 7.62. The van der Waals surface area contributed by atoms with E-state index >= 15 is 0 Å². The fraction of sp³-hybridized carbons (Fsp3) is 0.786. The molecule has 0 radical (unpaired) electrons. The number of methoxy groups -OCH3 is 1. The van der Waals surface area contributed by atoms with Crippen molar-refractivity contribution in [2.45, 2.75) is 50.9 Å². The van der Waals surface area contributed by atoms with E-state index in [0.717, 1.165) is 12.8 Å². The lowest BCUT2D eigenvalue weighted by Gasteiger charge is -2.26.